The molecule has 0 aliphatic heterocycles. The van der Waals surface area contributed by atoms with Gasteiger partial charge in [-0.2, -0.15) is 0 Å². The zero-order valence-corrected chi connectivity index (χ0v) is 8.91. The van der Waals surface area contributed by atoms with Gasteiger partial charge in [-0.15, -0.1) is 0 Å². The first kappa shape index (κ1) is 9.20. The first-order chi connectivity index (χ1) is 6.66. The summed E-state index contributed by atoms with van der Waals surface area (Å²) in [7, 11) is 0. The van der Waals surface area contributed by atoms with E-state index in [2.05, 4.69) is 50.0 Å². The van der Waals surface area contributed by atoms with Crippen molar-refractivity contribution in [2.24, 2.45) is 0 Å². The van der Waals surface area contributed by atoms with E-state index in [0.717, 1.165) is 0 Å². The van der Waals surface area contributed by atoms with Gasteiger partial charge in [0.2, 0.25) is 0 Å². The van der Waals surface area contributed by atoms with E-state index >= 15 is 0 Å². The van der Waals surface area contributed by atoms with Crippen LogP contribution in [0.15, 0.2) is 30.5 Å². The molecule has 0 aliphatic carbocycles. The Balaban J connectivity index is 2.63. The van der Waals surface area contributed by atoms with Crippen molar-refractivity contribution in [1.29, 1.82) is 0 Å². The Kier molecular flexibility index (Phi) is 2.24. The van der Waals surface area contributed by atoms with E-state index in [1.54, 1.807) is 0 Å². The fraction of sp³-hybridized carbons (Fsp3) is 0.308. The number of hydrogen-bond donors (Lipinski definition) is 0. The molecular weight excluding hydrogens is 170 g/mol. The number of fused-ring (bicyclic) bond motifs is 1. The van der Waals surface area contributed by atoms with Crippen LogP contribution in [0.5, 0.6) is 0 Å². The molecule has 2 rings (SSSR count). The maximum absolute atomic E-state index is 4.44. The van der Waals surface area contributed by atoms with Crippen molar-refractivity contribution in [1.82, 2.24) is 4.98 Å². The maximum Gasteiger partial charge on any atom is 0.0435 e. The van der Waals surface area contributed by atoms with Gasteiger partial charge >= 0.3 is 0 Å². The molecule has 14 heavy (non-hydrogen) atoms. The molecule has 0 saturated heterocycles. The first-order valence-corrected chi connectivity index (χ1v) is 5.03. The van der Waals surface area contributed by atoms with Crippen LogP contribution in [-0.4, -0.2) is 4.98 Å². The molecule has 0 aliphatic rings. The fourth-order valence-corrected chi connectivity index (χ4v) is 1.59. The number of benzene rings is 1. The predicted molar refractivity (Wildman–Crippen MR) is 60.6 cm³/mol. The van der Waals surface area contributed by atoms with Crippen molar-refractivity contribution in [2.75, 3.05) is 0 Å². The molecule has 2 aromatic rings. The minimum absolute atomic E-state index is 0.500. The maximum atomic E-state index is 4.44. The van der Waals surface area contributed by atoms with Gasteiger partial charge in [0, 0.05) is 17.3 Å². The van der Waals surface area contributed by atoms with E-state index in [9.17, 15) is 0 Å². The quantitative estimate of drug-likeness (QED) is 0.660. The highest BCUT2D eigenvalue weighted by atomic mass is 14.7. The Labute approximate surface area is 84.8 Å². The molecule has 0 bridgehead atoms. The molecule has 1 heterocycles. The molecule has 0 unspecified atom stereocenters. The SMILES string of the molecule is Cc1ccc2cnc(C(C)C)cc2c1. The summed E-state index contributed by atoms with van der Waals surface area (Å²) in [6.07, 6.45) is 1.96. The van der Waals surface area contributed by atoms with Crippen molar-refractivity contribution in [2.45, 2.75) is 26.7 Å². The average molecular weight is 185 g/mol. The van der Waals surface area contributed by atoms with Gasteiger partial charge in [0.05, 0.1) is 0 Å². The Bertz CT molecular complexity index is 458. The molecule has 0 radical (unpaired) electrons. The van der Waals surface area contributed by atoms with Gasteiger partial charge < -0.3 is 0 Å². The minimum atomic E-state index is 0.500. The van der Waals surface area contributed by atoms with Gasteiger partial charge in [0.1, 0.15) is 0 Å². The van der Waals surface area contributed by atoms with Crippen LogP contribution in [0.3, 0.4) is 0 Å². The molecule has 1 nitrogen and oxygen atoms in total. The molecule has 72 valence electrons. The van der Waals surface area contributed by atoms with Crippen LogP contribution in [0.2, 0.25) is 0 Å². The van der Waals surface area contributed by atoms with Crippen LogP contribution in [0.4, 0.5) is 0 Å². The highest BCUT2D eigenvalue weighted by molar-refractivity contribution is 5.82. The van der Waals surface area contributed by atoms with Crippen molar-refractivity contribution in [3.63, 3.8) is 0 Å². The van der Waals surface area contributed by atoms with Crippen LogP contribution < -0.4 is 0 Å². The molecule has 0 amide bonds. The van der Waals surface area contributed by atoms with Crippen LogP contribution in [0, 0.1) is 6.92 Å². The molecule has 0 atom stereocenters. The first-order valence-electron chi connectivity index (χ1n) is 5.03. The van der Waals surface area contributed by atoms with Gasteiger partial charge in [-0.25, -0.2) is 0 Å². The highest BCUT2D eigenvalue weighted by Crippen LogP contribution is 2.19. The summed E-state index contributed by atoms with van der Waals surface area (Å²) in [6.45, 7) is 6.46. The summed E-state index contributed by atoms with van der Waals surface area (Å²) in [5.74, 6) is 0.500. The smallest absolute Gasteiger partial charge is 0.0435 e. The van der Waals surface area contributed by atoms with Gasteiger partial charge in [-0.3, -0.25) is 4.98 Å². The second-order valence-corrected chi connectivity index (χ2v) is 4.11. The summed E-state index contributed by atoms with van der Waals surface area (Å²) in [5.41, 5.74) is 2.47. The average Bonchev–Trinajstić information content (AvgIpc) is 2.16. The highest BCUT2D eigenvalue weighted by Gasteiger charge is 2.01. The van der Waals surface area contributed by atoms with E-state index in [1.807, 2.05) is 6.20 Å². The molecule has 1 aromatic carbocycles. The molecular formula is C13H15N. The van der Waals surface area contributed by atoms with Crippen molar-refractivity contribution < 1.29 is 0 Å². The normalized spacial score (nSPS) is 11.1. The lowest BCUT2D eigenvalue weighted by Gasteiger charge is -2.06. The number of aromatic nitrogens is 1. The Morgan fingerprint density at radius 3 is 2.57 bits per heavy atom. The molecule has 0 spiro atoms. The topological polar surface area (TPSA) is 12.9 Å². The van der Waals surface area contributed by atoms with Crippen LogP contribution in [-0.2, 0) is 0 Å². The van der Waals surface area contributed by atoms with E-state index in [-0.39, 0.29) is 0 Å². The standard InChI is InChI=1S/C13H15N/c1-9(2)13-7-12-6-10(3)4-5-11(12)8-14-13/h4-9H,1-3H3. The number of aryl methyl sites for hydroxylation is 1. The molecule has 0 fully saturated rings. The minimum Gasteiger partial charge on any atom is -0.260 e. The number of nitrogens with zero attached hydrogens (tertiary/aromatic N) is 1. The van der Waals surface area contributed by atoms with Crippen LogP contribution in [0.1, 0.15) is 31.0 Å². The lowest BCUT2D eigenvalue weighted by Crippen LogP contribution is -1.91. The summed E-state index contributed by atoms with van der Waals surface area (Å²) >= 11 is 0. The molecule has 1 aromatic heterocycles. The van der Waals surface area contributed by atoms with E-state index in [0.29, 0.717) is 5.92 Å². The van der Waals surface area contributed by atoms with E-state index < -0.39 is 0 Å². The third-order valence-electron chi connectivity index (χ3n) is 2.49. The monoisotopic (exact) mass is 185 g/mol. The Hall–Kier alpha value is -1.37. The Morgan fingerprint density at radius 1 is 1.07 bits per heavy atom. The van der Waals surface area contributed by atoms with Gasteiger partial charge in [0.25, 0.3) is 0 Å². The summed E-state index contributed by atoms with van der Waals surface area (Å²) in [6, 6.07) is 8.65. The fourth-order valence-electron chi connectivity index (χ4n) is 1.59. The van der Waals surface area contributed by atoms with Gasteiger partial charge in [-0.1, -0.05) is 37.6 Å². The van der Waals surface area contributed by atoms with Crippen LogP contribution in [0.25, 0.3) is 10.8 Å². The predicted octanol–water partition coefficient (Wildman–Crippen LogP) is 3.67. The zero-order valence-electron chi connectivity index (χ0n) is 8.91. The molecule has 0 saturated carbocycles. The number of hydrogen-bond acceptors (Lipinski definition) is 1. The lowest BCUT2D eigenvalue weighted by molar-refractivity contribution is 0.826. The van der Waals surface area contributed by atoms with Crippen molar-refractivity contribution in [3.05, 3.63) is 41.7 Å². The molecule has 0 N–H and O–H groups in total. The van der Waals surface area contributed by atoms with Gasteiger partial charge in [0.15, 0.2) is 0 Å². The zero-order chi connectivity index (χ0) is 10.1. The van der Waals surface area contributed by atoms with Crippen molar-refractivity contribution >= 4 is 10.8 Å². The van der Waals surface area contributed by atoms with Crippen molar-refractivity contribution in [3.8, 4) is 0 Å². The summed E-state index contributed by atoms with van der Waals surface area (Å²) in [5, 5.41) is 2.52. The third-order valence-corrected chi connectivity index (χ3v) is 2.49. The number of pyridine rings is 1. The van der Waals surface area contributed by atoms with Gasteiger partial charge in [-0.05, 0) is 24.3 Å². The third kappa shape index (κ3) is 1.63. The lowest BCUT2D eigenvalue weighted by atomic mass is 10.0. The molecule has 1 heteroatoms. The summed E-state index contributed by atoms with van der Waals surface area (Å²) in [4.78, 5) is 4.44. The largest absolute Gasteiger partial charge is 0.260 e. The second kappa shape index (κ2) is 3.41. The Morgan fingerprint density at radius 2 is 1.86 bits per heavy atom. The van der Waals surface area contributed by atoms with E-state index in [1.165, 1.54) is 22.0 Å². The number of rotatable bonds is 1. The second-order valence-electron chi connectivity index (χ2n) is 4.11. The summed E-state index contributed by atoms with van der Waals surface area (Å²) < 4.78 is 0. The van der Waals surface area contributed by atoms with E-state index in [4.69, 9.17) is 0 Å². The van der Waals surface area contributed by atoms with Crippen LogP contribution >= 0.6 is 0 Å².